The largest absolute Gasteiger partial charge is 0.383 e. The highest BCUT2D eigenvalue weighted by molar-refractivity contribution is 7.89. The maximum absolute atomic E-state index is 13.0. The summed E-state index contributed by atoms with van der Waals surface area (Å²) in [5.74, 6) is -0.595. The Balaban J connectivity index is 1.47. The molecule has 0 spiro atoms. The molecular weight excluding hydrogens is 430 g/mol. The molecule has 2 aliphatic rings. The van der Waals surface area contributed by atoms with Crippen molar-refractivity contribution in [3.05, 3.63) is 65.2 Å². The highest BCUT2D eigenvalue weighted by Crippen LogP contribution is 2.29. The predicted octanol–water partition coefficient (Wildman–Crippen LogP) is 2.14. The number of nitrogens with one attached hydrogen (secondary N) is 1. The van der Waals surface area contributed by atoms with Crippen LogP contribution in [0.5, 0.6) is 0 Å². The van der Waals surface area contributed by atoms with Crippen LogP contribution in [0.15, 0.2) is 59.0 Å². The standard InChI is InChI=1S/C23H27N3O5S/c1-31-13-12-25-15-20-3-2-19(14-21(20)16-25)17-4-6-22(7-5-17)32(29,30)26-10-8-18(9-11-26)23(27)24-28/h2-8,14,28H,9-13,15-16H2,1H3,(H,24,27). The third kappa shape index (κ3) is 4.62. The lowest BCUT2D eigenvalue weighted by Gasteiger charge is -2.25. The summed E-state index contributed by atoms with van der Waals surface area (Å²) in [6, 6.07) is 13.3. The van der Waals surface area contributed by atoms with Crippen LogP contribution in [0.3, 0.4) is 0 Å². The van der Waals surface area contributed by atoms with Crippen LogP contribution in [0.1, 0.15) is 17.5 Å². The average molecular weight is 458 g/mol. The number of hydroxylamine groups is 1. The lowest BCUT2D eigenvalue weighted by Crippen LogP contribution is -2.37. The van der Waals surface area contributed by atoms with E-state index < -0.39 is 15.9 Å². The first-order chi connectivity index (χ1) is 15.4. The number of rotatable bonds is 7. The molecule has 4 rings (SSSR count). The second-order valence-corrected chi connectivity index (χ2v) is 9.93. The molecule has 0 aliphatic carbocycles. The number of hydrogen-bond donors (Lipinski definition) is 2. The van der Waals surface area contributed by atoms with Crippen LogP contribution in [0.4, 0.5) is 0 Å². The van der Waals surface area contributed by atoms with E-state index in [4.69, 9.17) is 9.94 Å². The summed E-state index contributed by atoms with van der Waals surface area (Å²) in [6.45, 7) is 3.69. The SMILES string of the molecule is COCCN1Cc2ccc(-c3ccc(S(=O)(=O)N4CC=C(C(=O)NO)CC4)cc3)cc2C1. The van der Waals surface area contributed by atoms with E-state index in [2.05, 4.69) is 23.1 Å². The fourth-order valence-corrected chi connectivity index (χ4v) is 5.52. The number of benzene rings is 2. The van der Waals surface area contributed by atoms with Gasteiger partial charge in [-0.05, 0) is 46.9 Å². The zero-order valence-corrected chi connectivity index (χ0v) is 18.8. The Morgan fingerprint density at radius 3 is 2.47 bits per heavy atom. The number of ether oxygens (including phenoxy) is 1. The molecule has 0 aromatic heterocycles. The van der Waals surface area contributed by atoms with Gasteiger partial charge in [0.15, 0.2) is 0 Å². The number of fused-ring (bicyclic) bond motifs is 1. The Hall–Kier alpha value is -2.56. The van der Waals surface area contributed by atoms with E-state index in [9.17, 15) is 13.2 Å². The number of sulfonamides is 1. The molecule has 2 heterocycles. The molecule has 2 N–H and O–H groups in total. The van der Waals surface area contributed by atoms with E-state index in [0.29, 0.717) is 12.2 Å². The Labute approximate surface area is 188 Å². The van der Waals surface area contributed by atoms with Crippen molar-refractivity contribution < 1.29 is 23.2 Å². The molecule has 2 aromatic rings. The minimum atomic E-state index is -3.67. The fourth-order valence-electron chi connectivity index (χ4n) is 4.14. The maximum Gasteiger partial charge on any atom is 0.270 e. The van der Waals surface area contributed by atoms with Gasteiger partial charge in [-0.25, -0.2) is 13.9 Å². The Morgan fingerprint density at radius 1 is 1.09 bits per heavy atom. The molecule has 0 fully saturated rings. The van der Waals surface area contributed by atoms with Crippen LogP contribution in [0.25, 0.3) is 11.1 Å². The predicted molar refractivity (Wildman–Crippen MR) is 119 cm³/mol. The highest BCUT2D eigenvalue weighted by atomic mass is 32.2. The minimum absolute atomic E-state index is 0.0945. The Kier molecular flexibility index (Phi) is 6.73. The van der Waals surface area contributed by atoms with Gasteiger partial charge < -0.3 is 4.74 Å². The van der Waals surface area contributed by atoms with Gasteiger partial charge in [-0.1, -0.05) is 30.3 Å². The first kappa shape index (κ1) is 22.6. The molecule has 0 atom stereocenters. The smallest absolute Gasteiger partial charge is 0.270 e. The molecule has 170 valence electrons. The van der Waals surface area contributed by atoms with Crippen LogP contribution >= 0.6 is 0 Å². The number of amides is 1. The fraction of sp³-hybridized carbons (Fsp3) is 0.348. The quantitative estimate of drug-likeness (QED) is 0.488. The summed E-state index contributed by atoms with van der Waals surface area (Å²) in [5.41, 5.74) is 6.59. The van der Waals surface area contributed by atoms with Gasteiger partial charge in [0.25, 0.3) is 5.91 Å². The number of carbonyl (C=O) groups excluding carboxylic acids is 1. The van der Waals surface area contributed by atoms with Gasteiger partial charge in [-0.2, -0.15) is 4.31 Å². The van der Waals surface area contributed by atoms with E-state index in [-0.39, 0.29) is 24.4 Å². The number of methoxy groups -OCH3 is 1. The molecule has 2 aromatic carbocycles. The monoisotopic (exact) mass is 457 g/mol. The second-order valence-electron chi connectivity index (χ2n) is 7.99. The van der Waals surface area contributed by atoms with Crippen molar-refractivity contribution in [1.82, 2.24) is 14.7 Å². The molecular formula is C23H27N3O5S. The number of hydrogen-bond acceptors (Lipinski definition) is 6. The molecule has 0 saturated heterocycles. The van der Waals surface area contributed by atoms with Gasteiger partial charge >= 0.3 is 0 Å². The van der Waals surface area contributed by atoms with Gasteiger partial charge in [0.05, 0.1) is 11.5 Å². The summed E-state index contributed by atoms with van der Waals surface area (Å²) in [7, 11) is -1.96. The van der Waals surface area contributed by atoms with Crippen LogP contribution in [-0.2, 0) is 32.6 Å². The maximum atomic E-state index is 13.0. The van der Waals surface area contributed by atoms with Crippen molar-refractivity contribution in [3.8, 4) is 11.1 Å². The van der Waals surface area contributed by atoms with Crippen molar-refractivity contribution in [2.45, 2.75) is 24.4 Å². The zero-order chi connectivity index (χ0) is 22.7. The molecule has 0 unspecified atom stereocenters. The van der Waals surface area contributed by atoms with Gasteiger partial charge in [0.2, 0.25) is 10.0 Å². The van der Waals surface area contributed by atoms with Crippen molar-refractivity contribution in [3.63, 3.8) is 0 Å². The number of carbonyl (C=O) groups is 1. The van der Waals surface area contributed by atoms with Crippen molar-refractivity contribution in [2.24, 2.45) is 0 Å². The zero-order valence-electron chi connectivity index (χ0n) is 18.0. The molecule has 0 bridgehead atoms. The van der Waals surface area contributed by atoms with Gasteiger partial charge in [-0.3, -0.25) is 14.9 Å². The topological polar surface area (TPSA) is 99.2 Å². The molecule has 9 heteroatoms. The van der Waals surface area contributed by atoms with Crippen molar-refractivity contribution in [2.75, 3.05) is 33.4 Å². The summed E-state index contributed by atoms with van der Waals surface area (Å²) in [5, 5.41) is 8.73. The summed E-state index contributed by atoms with van der Waals surface area (Å²) in [4.78, 5) is 14.1. The third-order valence-electron chi connectivity index (χ3n) is 6.00. The molecule has 2 aliphatic heterocycles. The van der Waals surface area contributed by atoms with Crippen LogP contribution in [-0.4, -0.2) is 62.1 Å². The van der Waals surface area contributed by atoms with Gasteiger partial charge in [0.1, 0.15) is 0 Å². The van der Waals surface area contributed by atoms with E-state index >= 15 is 0 Å². The van der Waals surface area contributed by atoms with E-state index in [1.165, 1.54) is 21.5 Å². The van der Waals surface area contributed by atoms with Crippen LogP contribution in [0.2, 0.25) is 0 Å². The van der Waals surface area contributed by atoms with Crippen LogP contribution in [0, 0.1) is 0 Å². The van der Waals surface area contributed by atoms with Gasteiger partial charge in [-0.15, -0.1) is 0 Å². The Morgan fingerprint density at radius 2 is 1.81 bits per heavy atom. The molecule has 8 nitrogen and oxygen atoms in total. The lowest BCUT2D eigenvalue weighted by molar-refractivity contribution is -0.125. The summed E-state index contributed by atoms with van der Waals surface area (Å²) < 4.78 is 32.5. The Bertz CT molecular complexity index is 1130. The second kappa shape index (κ2) is 9.51. The van der Waals surface area contributed by atoms with E-state index in [0.717, 1.165) is 30.8 Å². The van der Waals surface area contributed by atoms with E-state index in [1.807, 2.05) is 12.1 Å². The normalized spacial score (nSPS) is 17.1. The minimum Gasteiger partial charge on any atom is -0.383 e. The highest BCUT2D eigenvalue weighted by Gasteiger charge is 2.27. The average Bonchev–Trinajstić information content (AvgIpc) is 3.24. The first-order valence-corrected chi connectivity index (χ1v) is 11.9. The summed E-state index contributed by atoms with van der Waals surface area (Å²) in [6.07, 6.45) is 1.78. The van der Waals surface area contributed by atoms with Crippen LogP contribution < -0.4 is 5.48 Å². The first-order valence-electron chi connectivity index (χ1n) is 10.5. The molecule has 0 radical (unpaired) electrons. The van der Waals surface area contributed by atoms with Gasteiger partial charge in [0, 0.05) is 45.4 Å². The van der Waals surface area contributed by atoms with E-state index in [1.54, 1.807) is 24.7 Å². The molecule has 0 saturated carbocycles. The molecule has 1 amide bonds. The molecule has 32 heavy (non-hydrogen) atoms. The lowest BCUT2D eigenvalue weighted by atomic mass is 10.0. The third-order valence-corrected chi connectivity index (χ3v) is 7.88. The van der Waals surface area contributed by atoms with Crippen molar-refractivity contribution in [1.29, 1.82) is 0 Å². The summed E-state index contributed by atoms with van der Waals surface area (Å²) >= 11 is 0. The van der Waals surface area contributed by atoms with Crippen molar-refractivity contribution >= 4 is 15.9 Å². The number of nitrogens with zero attached hydrogens (tertiary/aromatic N) is 2.